The Kier molecular flexibility index (Phi) is 7.40. The second-order valence-electron chi connectivity index (χ2n) is 8.81. The van der Waals surface area contributed by atoms with Crippen LogP contribution in [-0.4, -0.2) is 71.6 Å². The van der Waals surface area contributed by atoms with E-state index in [9.17, 15) is 41.0 Å². The highest BCUT2D eigenvalue weighted by molar-refractivity contribution is 5.83. The molecule has 1 saturated heterocycles. The summed E-state index contributed by atoms with van der Waals surface area (Å²) in [7, 11) is 0. The second kappa shape index (κ2) is 9.63. The number of benzene rings is 1. The van der Waals surface area contributed by atoms with Gasteiger partial charge in [0, 0.05) is 32.7 Å². The Morgan fingerprint density at radius 1 is 1.03 bits per heavy atom. The summed E-state index contributed by atoms with van der Waals surface area (Å²) in [6.07, 6.45) is -14.7. The zero-order valence-electron chi connectivity index (χ0n) is 18.5. The van der Waals surface area contributed by atoms with Crippen molar-refractivity contribution in [3.05, 3.63) is 34.9 Å². The molecule has 1 aliphatic heterocycles. The SMILES string of the molecule is Cc1cccc(CN2CCN(C(=O)OC(C(F)(F)F)C(F)(F)F)CC2)c1C1(C(=O)O)CCCC1. The van der Waals surface area contributed by atoms with E-state index in [1.165, 1.54) is 0 Å². The fraction of sp³-hybridized carbons (Fsp3) is 0.636. The Labute approximate surface area is 192 Å². The van der Waals surface area contributed by atoms with Crippen molar-refractivity contribution in [1.29, 1.82) is 0 Å². The number of carboxylic acids is 1. The third kappa shape index (κ3) is 5.42. The van der Waals surface area contributed by atoms with Crippen LogP contribution in [0.5, 0.6) is 0 Å². The smallest absolute Gasteiger partial charge is 0.434 e. The molecule has 0 bridgehead atoms. The molecular weight excluding hydrogens is 470 g/mol. The van der Waals surface area contributed by atoms with E-state index in [1.807, 2.05) is 30.0 Å². The van der Waals surface area contributed by atoms with Gasteiger partial charge in [-0.3, -0.25) is 9.69 Å². The summed E-state index contributed by atoms with van der Waals surface area (Å²) < 4.78 is 79.8. The monoisotopic (exact) mass is 496 g/mol. The number of alkyl halides is 6. The van der Waals surface area contributed by atoms with Crippen LogP contribution in [0.3, 0.4) is 0 Å². The van der Waals surface area contributed by atoms with Gasteiger partial charge in [-0.15, -0.1) is 0 Å². The van der Waals surface area contributed by atoms with Crippen molar-refractivity contribution in [3.8, 4) is 0 Å². The largest absolute Gasteiger partial charge is 0.481 e. The first-order valence-corrected chi connectivity index (χ1v) is 10.9. The highest BCUT2D eigenvalue weighted by Crippen LogP contribution is 2.44. The molecule has 1 amide bonds. The molecule has 0 atom stereocenters. The van der Waals surface area contributed by atoms with Crippen LogP contribution in [0.25, 0.3) is 0 Å². The third-order valence-corrected chi connectivity index (χ3v) is 6.54. The summed E-state index contributed by atoms with van der Waals surface area (Å²) in [5.74, 6) is -0.878. The lowest BCUT2D eigenvalue weighted by Crippen LogP contribution is -2.52. The molecule has 0 spiro atoms. The number of halogens is 6. The molecule has 1 N–H and O–H groups in total. The van der Waals surface area contributed by atoms with Gasteiger partial charge in [-0.05, 0) is 36.5 Å². The van der Waals surface area contributed by atoms with Crippen molar-refractivity contribution in [2.24, 2.45) is 0 Å². The molecule has 6 nitrogen and oxygen atoms in total. The summed E-state index contributed by atoms with van der Waals surface area (Å²) in [6, 6.07) is 5.51. The summed E-state index contributed by atoms with van der Waals surface area (Å²) in [6.45, 7) is 2.34. The number of hydrogen-bond acceptors (Lipinski definition) is 4. The first kappa shape index (κ1) is 26.1. The van der Waals surface area contributed by atoms with Crippen molar-refractivity contribution in [1.82, 2.24) is 9.80 Å². The predicted octanol–water partition coefficient (Wildman–Crippen LogP) is 4.64. The minimum Gasteiger partial charge on any atom is -0.481 e. The van der Waals surface area contributed by atoms with Crippen molar-refractivity contribution in [2.45, 2.75) is 63.0 Å². The van der Waals surface area contributed by atoms with Gasteiger partial charge in [0.15, 0.2) is 0 Å². The first-order chi connectivity index (χ1) is 15.8. The summed E-state index contributed by atoms with van der Waals surface area (Å²) in [5, 5.41) is 10.0. The number of rotatable bonds is 5. The van der Waals surface area contributed by atoms with Gasteiger partial charge >= 0.3 is 24.4 Å². The van der Waals surface area contributed by atoms with E-state index in [1.54, 1.807) is 0 Å². The molecule has 1 heterocycles. The van der Waals surface area contributed by atoms with E-state index < -0.39 is 35.9 Å². The number of aliphatic carboxylic acids is 1. The van der Waals surface area contributed by atoms with Gasteiger partial charge in [-0.2, -0.15) is 26.3 Å². The van der Waals surface area contributed by atoms with E-state index in [2.05, 4.69) is 4.74 Å². The molecule has 34 heavy (non-hydrogen) atoms. The number of aryl methyl sites for hydroxylation is 1. The zero-order chi connectivity index (χ0) is 25.3. The van der Waals surface area contributed by atoms with Gasteiger partial charge in [0.05, 0.1) is 5.41 Å². The fourth-order valence-corrected chi connectivity index (χ4v) is 4.92. The number of amides is 1. The Hall–Kier alpha value is -2.50. The molecule has 1 aromatic carbocycles. The van der Waals surface area contributed by atoms with Gasteiger partial charge in [0.2, 0.25) is 0 Å². The van der Waals surface area contributed by atoms with Crippen LogP contribution in [0.15, 0.2) is 18.2 Å². The molecule has 12 heteroatoms. The van der Waals surface area contributed by atoms with Gasteiger partial charge < -0.3 is 14.7 Å². The van der Waals surface area contributed by atoms with Crippen LogP contribution in [0.4, 0.5) is 31.1 Å². The van der Waals surface area contributed by atoms with Crippen molar-refractivity contribution in [2.75, 3.05) is 26.2 Å². The normalized spacial score (nSPS) is 19.5. The maximum atomic E-state index is 12.7. The average molecular weight is 496 g/mol. The number of ether oxygens (including phenoxy) is 1. The maximum Gasteiger partial charge on any atom is 0.434 e. The lowest BCUT2D eigenvalue weighted by atomic mass is 9.74. The Balaban J connectivity index is 1.68. The highest BCUT2D eigenvalue weighted by atomic mass is 19.4. The number of hydrogen-bond donors (Lipinski definition) is 1. The number of carboxylic acid groups (broad SMARTS) is 1. The number of piperazine rings is 1. The Bertz CT molecular complexity index is 890. The summed E-state index contributed by atoms with van der Waals surface area (Å²) >= 11 is 0. The average Bonchev–Trinajstić information content (AvgIpc) is 3.22. The molecule has 0 aromatic heterocycles. The highest BCUT2D eigenvalue weighted by Gasteiger charge is 2.60. The Morgan fingerprint density at radius 2 is 1.59 bits per heavy atom. The zero-order valence-corrected chi connectivity index (χ0v) is 18.5. The molecule has 2 aliphatic rings. The first-order valence-electron chi connectivity index (χ1n) is 10.9. The topological polar surface area (TPSA) is 70.1 Å². The molecule has 190 valence electrons. The van der Waals surface area contributed by atoms with Gasteiger partial charge in [0.1, 0.15) is 0 Å². The van der Waals surface area contributed by atoms with Crippen molar-refractivity contribution < 1.29 is 45.8 Å². The minimum absolute atomic E-state index is 0.119. The maximum absolute atomic E-state index is 12.7. The third-order valence-electron chi connectivity index (χ3n) is 6.54. The van der Waals surface area contributed by atoms with Crippen LogP contribution in [-0.2, 0) is 21.5 Å². The molecule has 0 unspecified atom stereocenters. The minimum atomic E-state index is -5.77. The molecule has 2 fully saturated rings. The fourth-order valence-electron chi connectivity index (χ4n) is 4.92. The van der Waals surface area contributed by atoms with E-state index in [0.29, 0.717) is 19.4 Å². The predicted molar refractivity (Wildman–Crippen MR) is 108 cm³/mol. The van der Waals surface area contributed by atoms with Crippen molar-refractivity contribution >= 4 is 12.1 Å². The van der Waals surface area contributed by atoms with Crippen LogP contribution in [0.1, 0.15) is 42.4 Å². The van der Waals surface area contributed by atoms with Crippen molar-refractivity contribution in [3.63, 3.8) is 0 Å². The second-order valence-corrected chi connectivity index (χ2v) is 8.81. The molecule has 1 aromatic rings. The molecule has 0 radical (unpaired) electrons. The lowest BCUT2D eigenvalue weighted by Gasteiger charge is -2.36. The molecule has 1 saturated carbocycles. The number of carbonyl (C=O) groups is 2. The number of carbonyl (C=O) groups excluding carboxylic acids is 1. The standard InChI is InChI=1S/C22H26F6N2O4/c1-14-5-4-6-15(16(14)20(18(31)32)7-2-3-8-20)13-29-9-11-30(12-10-29)19(33)34-17(21(23,24)25)22(26,27)28/h4-6,17H,2-3,7-13H2,1H3,(H,31,32). The van der Waals surface area contributed by atoms with E-state index in [-0.39, 0.29) is 26.2 Å². The summed E-state index contributed by atoms with van der Waals surface area (Å²) in [5.41, 5.74) is 1.46. The van der Waals surface area contributed by atoms with E-state index in [4.69, 9.17) is 0 Å². The number of nitrogens with zero attached hydrogens (tertiary/aromatic N) is 2. The van der Waals surface area contributed by atoms with Crippen LogP contribution >= 0.6 is 0 Å². The molecular formula is C22H26F6N2O4. The molecule has 1 aliphatic carbocycles. The molecule has 3 rings (SSSR count). The lowest BCUT2D eigenvalue weighted by molar-refractivity contribution is -0.308. The van der Waals surface area contributed by atoms with E-state index in [0.717, 1.165) is 34.4 Å². The quantitative estimate of drug-likeness (QED) is 0.602. The van der Waals surface area contributed by atoms with Crippen LogP contribution < -0.4 is 0 Å². The van der Waals surface area contributed by atoms with Gasteiger partial charge in [-0.1, -0.05) is 31.0 Å². The Morgan fingerprint density at radius 3 is 2.09 bits per heavy atom. The van der Waals surface area contributed by atoms with E-state index >= 15 is 0 Å². The van der Waals surface area contributed by atoms with Crippen LogP contribution in [0, 0.1) is 6.92 Å². The van der Waals surface area contributed by atoms with Gasteiger partial charge in [-0.25, -0.2) is 4.79 Å². The summed E-state index contributed by atoms with van der Waals surface area (Å²) in [4.78, 5) is 26.9. The van der Waals surface area contributed by atoms with Crippen LogP contribution in [0.2, 0.25) is 0 Å². The van der Waals surface area contributed by atoms with Gasteiger partial charge in [0.25, 0.3) is 6.10 Å².